The van der Waals surface area contributed by atoms with Crippen LogP contribution in [0.5, 0.6) is 5.75 Å². The molecular weight excluding hydrogens is 503 g/mol. The number of hydrogen-bond acceptors (Lipinski definition) is 4. The van der Waals surface area contributed by atoms with Gasteiger partial charge in [0.15, 0.2) is 0 Å². The van der Waals surface area contributed by atoms with Crippen molar-refractivity contribution in [1.29, 1.82) is 0 Å². The molecule has 4 rings (SSSR count). The number of anilines is 1. The smallest absolute Gasteiger partial charge is 0.264 e. The minimum absolute atomic E-state index is 0.160. The fraction of sp³-hybridized carbons (Fsp3) is 0.333. The SMILES string of the molecule is CC(c1ccccc1OCCCN1CCCC1)N(c1ccc(Cl)cc1)S(=O)(=O)c1ccc(Cl)cc1. The molecule has 0 N–H and O–H groups in total. The zero-order valence-electron chi connectivity index (χ0n) is 19.7. The lowest BCUT2D eigenvalue weighted by atomic mass is 10.1. The minimum Gasteiger partial charge on any atom is -0.493 e. The van der Waals surface area contributed by atoms with Crippen molar-refractivity contribution in [2.45, 2.75) is 37.1 Å². The van der Waals surface area contributed by atoms with Crippen molar-refractivity contribution in [1.82, 2.24) is 4.90 Å². The second-order valence-electron chi connectivity index (χ2n) is 8.70. The molecule has 1 fully saturated rings. The van der Waals surface area contributed by atoms with Gasteiger partial charge in [0, 0.05) is 22.2 Å². The number of hydrogen-bond donors (Lipinski definition) is 0. The van der Waals surface area contributed by atoms with Gasteiger partial charge in [-0.05, 0) is 93.9 Å². The number of likely N-dealkylation sites (tertiary alicyclic amines) is 1. The van der Waals surface area contributed by atoms with Crippen LogP contribution in [0.3, 0.4) is 0 Å². The van der Waals surface area contributed by atoms with E-state index in [1.54, 1.807) is 36.4 Å². The first-order chi connectivity index (χ1) is 16.9. The van der Waals surface area contributed by atoms with Gasteiger partial charge in [-0.25, -0.2) is 8.42 Å². The minimum atomic E-state index is -3.91. The van der Waals surface area contributed by atoms with Crippen molar-refractivity contribution in [3.05, 3.63) is 88.4 Å². The normalized spacial score (nSPS) is 15.2. The summed E-state index contributed by atoms with van der Waals surface area (Å²) in [5.41, 5.74) is 1.31. The van der Waals surface area contributed by atoms with E-state index in [1.807, 2.05) is 31.2 Å². The first kappa shape index (κ1) is 25.8. The van der Waals surface area contributed by atoms with E-state index >= 15 is 0 Å². The lowest BCUT2D eigenvalue weighted by molar-refractivity contribution is 0.261. The van der Waals surface area contributed by atoms with Crippen LogP contribution in [0.1, 0.15) is 37.8 Å². The molecule has 5 nitrogen and oxygen atoms in total. The van der Waals surface area contributed by atoms with Crippen LogP contribution < -0.4 is 9.04 Å². The van der Waals surface area contributed by atoms with E-state index in [-0.39, 0.29) is 4.90 Å². The molecule has 3 aromatic carbocycles. The quantitative estimate of drug-likeness (QED) is 0.269. The van der Waals surface area contributed by atoms with Crippen LogP contribution >= 0.6 is 23.2 Å². The standard InChI is InChI=1S/C27H30Cl2N2O3S/c1-21(26-7-2-3-8-27(26)34-20-6-19-30-17-4-5-18-30)31(24-13-9-22(28)10-14-24)35(32,33)25-15-11-23(29)12-16-25/h2-3,7-16,21H,4-6,17-20H2,1H3. The van der Waals surface area contributed by atoms with Crippen LogP contribution in [-0.4, -0.2) is 39.6 Å². The van der Waals surface area contributed by atoms with Gasteiger partial charge < -0.3 is 9.64 Å². The molecule has 1 aliphatic heterocycles. The number of para-hydroxylation sites is 1. The monoisotopic (exact) mass is 532 g/mol. The third kappa shape index (κ3) is 6.31. The van der Waals surface area contributed by atoms with Gasteiger partial charge in [-0.2, -0.15) is 0 Å². The lowest BCUT2D eigenvalue weighted by Crippen LogP contribution is -2.34. The van der Waals surface area contributed by atoms with Gasteiger partial charge in [-0.3, -0.25) is 4.31 Å². The molecule has 35 heavy (non-hydrogen) atoms. The zero-order valence-corrected chi connectivity index (χ0v) is 22.1. The second kappa shape index (κ2) is 11.7. The van der Waals surface area contributed by atoms with Crippen LogP contribution in [0.4, 0.5) is 5.69 Å². The average Bonchev–Trinajstić information content (AvgIpc) is 3.37. The number of nitrogens with zero attached hydrogens (tertiary/aromatic N) is 2. The molecule has 1 atom stereocenters. The average molecular weight is 534 g/mol. The number of sulfonamides is 1. The highest BCUT2D eigenvalue weighted by molar-refractivity contribution is 7.92. The summed E-state index contributed by atoms with van der Waals surface area (Å²) < 4.78 is 35.3. The van der Waals surface area contributed by atoms with Crippen molar-refractivity contribution in [3.63, 3.8) is 0 Å². The summed E-state index contributed by atoms with van der Waals surface area (Å²) in [6, 6.07) is 20.1. The summed E-state index contributed by atoms with van der Waals surface area (Å²) in [4.78, 5) is 2.62. The van der Waals surface area contributed by atoms with E-state index in [9.17, 15) is 8.42 Å². The van der Waals surface area contributed by atoms with Gasteiger partial charge in [0.2, 0.25) is 0 Å². The van der Waals surface area contributed by atoms with Gasteiger partial charge in [0.25, 0.3) is 10.0 Å². The summed E-state index contributed by atoms with van der Waals surface area (Å²) in [6.45, 7) is 5.78. The molecular formula is C27H30Cl2N2O3S. The van der Waals surface area contributed by atoms with Gasteiger partial charge in [-0.1, -0.05) is 41.4 Å². The predicted molar refractivity (Wildman–Crippen MR) is 143 cm³/mol. The highest BCUT2D eigenvalue weighted by Gasteiger charge is 2.32. The summed E-state index contributed by atoms with van der Waals surface area (Å²) in [7, 11) is -3.91. The summed E-state index contributed by atoms with van der Waals surface area (Å²) in [6.07, 6.45) is 3.46. The number of rotatable bonds is 10. The topological polar surface area (TPSA) is 49.9 Å². The Kier molecular flexibility index (Phi) is 8.60. The number of ether oxygens (including phenoxy) is 1. The third-order valence-electron chi connectivity index (χ3n) is 6.25. The molecule has 0 aliphatic carbocycles. The maximum atomic E-state index is 13.9. The largest absolute Gasteiger partial charge is 0.493 e. The first-order valence-electron chi connectivity index (χ1n) is 11.9. The van der Waals surface area contributed by atoms with Crippen LogP contribution in [0.25, 0.3) is 0 Å². The van der Waals surface area contributed by atoms with E-state index < -0.39 is 16.1 Å². The first-order valence-corrected chi connectivity index (χ1v) is 14.1. The van der Waals surface area contributed by atoms with E-state index in [4.69, 9.17) is 27.9 Å². The fourth-order valence-corrected chi connectivity index (χ4v) is 6.33. The molecule has 8 heteroatoms. The fourth-order valence-electron chi connectivity index (χ4n) is 4.44. The molecule has 0 saturated carbocycles. The maximum Gasteiger partial charge on any atom is 0.264 e. The Hall–Kier alpha value is -2.25. The van der Waals surface area contributed by atoms with E-state index in [0.29, 0.717) is 28.1 Å². The molecule has 1 aliphatic rings. The number of halogens is 2. The number of benzene rings is 3. The van der Waals surface area contributed by atoms with Crippen molar-refractivity contribution in [3.8, 4) is 5.75 Å². The summed E-state index contributed by atoms with van der Waals surface area (Å²) in [5, 5.41) is 1.01. The molecule has 0 bridgehead atoms. The molecule has 186 valence electrons. The predicted octanol–water partition coefficient (Wildman–Crippen LogP) is 6.81. The molecule has 0 radical (unpaired) electrons. The Labute approximate surface area is 218 Å². The van der Waals surface area contributed by atoms with Gasteiger partial charge in [0.05, 0.1) is 23.2 Å². The van der Waals surface area contributed by atoms with Gasteiger partial charge in [0.1, 0.15) is 5.75 Å². The van der Waals surface area contributed by atoms with E-state index in [2.05, 4.69) is 4.90 Å². The summed E-state index contributed by atoms with van der Waals surface area (Å²) >= 11 is 12.1. The highest BCUT2D eigenvalue weighted by atomic mass is 35.5. The molecule has 0 spiro atoms. The Morgan fingerprint density at radius 1 is 0.914 bits per heavy atom. The Morgan fingerprint density at radius 3 is 2.17 bits per heavy atom. The second-order valence-corrected chi connectivity index (χ2v) is 11.4. The third-order valence-corrected chi connectivity index (χ3v) is 8.66. The zero-order chi connectivity index (χ0) is 24.8. The van der Waals surface area contributed by atoms with Crippen molar-refractivity contribution < 1.29 is 13.2 Å². The van der Waals surface area contributed by atoms with E-state index in [0.717, 1.165) is 31.6 Å². The van der Waals surface area contributed by atoms with Crippen molar-refractivity contribution in [2.24, 2.45) is 0 Å². The van der Waals surface area contributed by atoms with Crippen LogP contribution in [0.2, 0.25) is 10.0 Å². The van der Waals surface area contributed by atoms with Crippen molar-refractivity contribution >= 4 is 38.9 Å². The Bertz CT molecular complexity index is 1210. The van der Waals surface area contributed by atoms with Gasteiger partial charge in [-0.15, -0.1) is 0 Å². The molecule has 0 amide bonds. The summed E-state index contributed by atoms with van der Waals surface area (Å²) in [5.74, 6) is 0.687. The van der Waals surface area contributed by atoms with Crippen LogP contribution in [0.15, 0.2) is 77.7 Å². The highest BCUT2D eigenvalue weighted by Crippen LogP contribution is 2.37. The Morgan fingerprint density at radius 2 is 1.51 bits per heavy atom. The molecule has 1 unspecified atom stereocenters. The molecule has 3 aromatic rings. The van der Waals surface area contributed by atoms with Gasteiger partial charge >= 0.3 is 0 Å². The lowest BCUT2D eigenvalue weighted by Gasteiger charge is -2.32. The molecule has 0 aromatic heterocycles. The van der Waals surface area contributed by atoms with Crippen LogP contribution in [-0.2, 0) is 10.0 Å². The molecule has 1 saturated heterocycles. The molecule has 1 heterocycles. The maximum absolute atomic E-state index is 13.9. The Balaban J connectivity index is 1.62. The van der Waals surface area contributed by atoms with E-state index in [1.165, 1.54) is 29.3 Å². The van der Waals surface area contributed by atoms with Crippen molar-refractivity contribution in [2.75, 3.05) is 30.5 Å². The van der Waals surface area contributed by atoms with Crippen LogP contribution in [0, 0.1) is 0 Å².